The van der Waals surface area contributed by atoms with Crippen LogP contribution in [0.1, 0.15) is 17.9 Å². The van der Waals surface area contributed by atoms with E-state index in [1.165, 1.54) is 10.4 Å². The van der Waals surface area contributed by atoms with Gasteiger partial charge in [-0.1, -0.05) is 30.3 Å². The molecule has 2 heterocycles. The highest BCUT2D eigenvalue weighted by Gasteiger charge is 2.37. The Balaban J connectivity index is 1.26. The quantitative estimate of drug-likeness (QED) is 0.748. The second-order valence-electron chi connectivity index (χ2n) is 5.94. The van der Waals surface area contributed by atoms with Crippen LogP contribution in [0.15, 0.2) is 53.1 Å². The van der Waals surface area contributed by atoms with Gasteiger partial charge in [-0.3, -0.25) is 4.79 Å². The fraction of sp³-hybridized carbons (Fsp3) is 0.294. The van der Waals surface area contributed by atoms with E-state index in [1.54, 1.807) is 18.4 Å². The normalized spacial score (nSPS) is 19.2. The Morgan fingerprint density at radius 3 is 2.92 bits per heavy atom. The standard InChI is InChI=1S/C17H17N5O2/c23-16(11-22-20-17(19-21-22)15-7-4-8-24-15)18-10-13-9-14(13)12-5-2-1-3-6-12/h1-8,13-14H,9-11H2,(H,18,23)/t13-,14+/m1/s1. The van der Waals surface area contributed by atoms with E-state index in [4.69, 9.17) is 4.42 Å². The number of amides is 1. The molecule has 3 aromatic rings. The Hall–Kier alpha value is -2.96. The van der Waals surface area contributed by atoms with E-state index in [2.05, 4.69) is 45.0 Å². The summed E-state index contributed by atoms with van der Waals surface area (Å²) in [6.07, 6.45) is 2.66. The third-order valence-corrected chi connectivity index (χ3v) is 4.19. The largest absolute Gasteiger partial charge is 0.461 e. The van der Waals surface area contributed by atoms with Gasteiger partial charge in [0.05, 0.1) is 6.26 Å². The number of furan rings is 1. The van der Waals surface area contributed by atoms with Crippen molar-refractivity contribution in [1.82, 2.24) is 25.5 Å². The van der Waals surface area contributed by atoms with Crippen LogP contribution in [-0.4, -0.2) is 32.7 Å². The summed E-state index contributed by atoms with van der Waals surface area (Å²) in [5, 5.41) is 14.8. The van der Waals surface area contributed by atoms with Gasteiger partial charge in [-0.2, -0.15) is 4.80 Å². The number of hydrogen-bond acceptors (Lipinski definition) is 5. The molecule has 0 radical (unpaired) electrons. The SMILES string of the molecule is O=C(Cn1nnc(-c2ccco2)n1)NC[C@H]1C[C@H]1c1ccccc1. The molecule has 7 nitrogen and oxygen atoms in total. The average molecular weight is 323 g/mol. The number of rotatable bonds is 6. The lowest BCUT2D eigenvalue weighted by atomic mass is 10.1. The number of tetrazole rings is 1. The van der Waals surface area contributed by atoms with E-state index < -0.39 is 0 Å². The zero-order valence-corrected chi connectivity index (χ0v) is 13.0. The second-order valence-corrected chi connectivity index (χ2v) is 5.94. The highest BCUT2D eigenvalue weighted by molar-refractivity contribution is 5.75. The van der Waals surface area contributed by atoms with Crippen molar-refractivity contribution in [3.63, 3.8) is 0 Å². The van der Waals surface area contributed by atoms with E-state index in [0.29, 0.717) is 30.0 Å². The number of carbonyl (C=O) groups excluding carboxylic acids is 1. The maximum absolute atomic E-state index is 12.0. The van der Waals surface area contributed by atoms with Crippen LogP contribution in [0, 0.1) is 5.92 Å². The zero-order chi connectivity index (χ0) is 16.4. The van der Waals surface area contributed by atoms with Crippen LogP contribution in [-0.2, 0) is 11.3 Å². The second kappa shape index (κ2) is 6.27. The van der Waals surface area contributed by atoms with Crippen LogP contribution < -0.4 is 5.32 Å². The van der Waals surface area contributed by atoms with Crippen molar-refractivity contribution in [2.24, 2.45) is 5.92 Å². The molecule has 0 saturated heterocycles. The van der Waals surface area contributed by atoms with Gasteiger partial charge in [0, 0.05) is 6.54 Å². The number of nitrogens with one attached hydrogen (secondary N) is 1. The topological polar surface area (TPSA) is 85.8 Å². The molecule has 0 unspecified atom stereocenters. The minimum absolute atomic E-state index is 0.0520. The van der Waals surface area contributed by atoms with Gasteiger partial charge in [0.25, 0.3) is 0 Å². The van der Waals surface area contributed by atoms with Gasteiger partial charge in [0.15, 0.2) is 5.76 Å². The lowest BCUT2D eigenvalue weighted by Gasteiger charge is -2.04. The molecule has 122 valence electrons. The molecule has 24 heavy (non-hydrogen) atoms. The van der Waals surface area contributed by atoms with Crippen molar-refractivity contribution in [2.45, 2.75) is 18.9 Å². The van der Waals surface area contributed by atoms with Crippen molar-refractivity contribution in [2.75, 3.05) is 6.54 Å². The summed E-state index contributed by atoms with van der Waals surface area (Å²) in [4.78, 5) is 13.3. The van der Waals surface area contributed by atoms with E-state index >= 15 is 0 Å². The van der Waals surface area contributed by atoms with Crippen LogP contribution in [0.2, 0.25) is 0 Å². The molecule has 1 aliphatic rings. The van der Waals surface area contributed by atoms with Gasteiger partial charge in [0.2, 0.25) is 11.7 Å². The first-order chi connectivity index (χ1) is 11.8. The molecule has 1 aromatic carbocycles. The molecule has 1 fully saturated rings. The molecule has 7 heteroatoms. The zero-order valence-electron chi connectivity index (χ0n) is 13.0. The van der Waals surface area contributed by atoms with Crippen LogP contribution in [0.3, 0.4) is 0 Å². The molecule has 2 atom stereocenters. The molecular formula is C17H17N5O2. The molecule has 1 saturated carbocycles. The van der Waals surface area contributed by atoms with Crippen LogP contribution in [0.4, 0.5) is 0 Å². The summed E-state index contributed by atoms with van der Waals surface area (Å²) in [6, 6.07) is 13.9. The predicted molar refractivity (Wildman–Crippen MR) is 85.8 cm³/mol. The van der Waals surface area contributed by atoms with E-state index in [-0.39, 0.29) is 12.5 Å². The van der Waals surface area contributed by atoms with Gasteiger partial charge in [-0.25, -0.2) is 0 Å². The molecule has 0 bridgehead atoms. The maximum atomic E-state index is 12.0. The Morgan fingerprint density at radius 1 is 1.25 bits per heavy atom. The Kier molecular flexibility index (Phi) is 3.82. The van der Waals surface area contributed by atoms with Crippen molar-refractivity contribution in [1.29, 1.82) is 0 Å². The van der Waals surface area contributed by atoms with E-state index in [1.807, 2.05) is 6.07 Å². The summed E-state index contributed by atoms with van der Waals surface area (Å²) in [6.45, 7) is 0.731. The summed E-state index contributed by atoms with van der Waals surface area (Å²) in [7, 11) is 0. The molecule has 4 rings (SSSR count). The minimum Gasteiger partial charge on any atom is -0.461 e. The molecule has 1 N–H and O–H groups in total. The fourth-order valence-electron chi connectivity index (χ4n) is 2.83. The number of hydrogen-bond donors (Lipinski definition) is 1. The molecule has 1 aliphatic carbocycles. The lowest BCUT2D eigenvalue weighted by Crippen LogP contribution is -2.30. The predicted octanol–water partition coefficient (Wildman–Crippen LogP) is 1.85. The molecule has 0 spiro atoms. The first-order valence-electron chi connectivity index (χ1n) is 7.93. The Labute approximate surface area is 138 Å². The molecule has 0 aliphatic heterocycles. The number of nitrogens with zero attached hydrogens (tertiary/aromatic N) is 4. The third-order valence-electron chi connectivity index (χ3n) is 4.19. The van der Waals surface area contributed by atoms with E-state index in [9.17, 15) is 4.79 Å². The summed E-state index contributed by atoms with van der Waals surface area (Å²) in [5.74, 6) is 1.86. The fourth-order valence-corrected chi connectivity index (χ4v) is 2.83. The summed E-state index contributed by atoms with van der Waals surface area (Å²) in [5.41, 5.74) is 1.35. The van der Waals surface area contributed by atoms with Gasteiger partial charge < -0.3 is 9.73 Å². The van der Waals surface area contributed by atoms with Gasteiger partial charge in [-0.05, 0) is 41.2 Å². The maximum Gasteiger partial charge on any atom is 0.243 e. The van der Waals surface area contributed by atoms with Crippen LogP contribution in [0.25, 0.3) is 11.6 Å². The Bertz CT molecular complexity index is 813. The van der Waals surface area contributed by atoms with Gasteiger partial charge in [-0.15, -0.1) is 10.2 Å². The number of carbonyl (C=O) groups is 1. The number of benzene rings is 1. The van der Waals surface area contributed by atoms with E-state index in [0.717, 1.165) is 6.42 Å². The van der Waals surface area contributed by atoms with Crippen molar-refractivity contribution >= 4 is 5.91 Å². The monoisotopic (exact) mass is 323 g/mol. The molecule has 1 amide bonds. The average Bonchev–Trinajstić information content (AvgIpc) is 2.99. The Morgan fingerprint density at radius 2 is 2.12 bits per heavy atom. The first kappa shape index (κ1) is 14.6. The van der Waals surface area contributed by atoms with Crippen LogP contribution in [0.5, 0.6) is 0 Å². The summed E-state index contributed by atoms with van der Waals surface area (Å²) < 4.78 is 5.20. The highest BCUT2D eigenvalue weighted by atomic mass is 16.3. The minimum atomic E-state index is -0.114. The molecular weight excluding hydrogens is 306 g/mol. The summed E-state index contributed by atoms with van der Waals surface area (Å²) >= 11 is 0. The van der Waals surface area contributed by atoms with Crippen molar-refractivity contribution < 1.29 is 9.21 Å². The van der Waals surface area contributed by atoms with Crippen molar-refractivity contribution in [3.05, 3.63) is 54.3 Å². The van der Waals surface area contributed by atoms with Gasteiger partial charge in [0.1, 0.15) is 6.54 Å². The van der Waals surface area contributed by atoms with Crippen molar-refractivity contribution in [3.8, 4) is 11.6 Å². The lowest BCUT2D eigenvalue weighted by molar-refractivity contribution is -0.122. The smallest absolute Gasteiger partial charge is 0.243 e. The van der Waals surface area contributed by atoms with Crippen LogP contribution >= 0.6 is 0 Å². The highest BCUT2D eigenvalue weighted by Crippen LogP contribution is 2.46. The van der Waals surface area contributed by atoms with Gasteiger partial charge >= 0.3 is 0 Å². The number of aromatic nitrogens is 4. The molecule has 2 aromatic heterocycles. The first-order valence-corrected chi connectivity index (χ1v) is 7.93. The third kappa shape index (κ3) is 3.19.